The fourth-order valence-corrected chi connectivity index (χ4v) is 5.82. The van der Waals surface area contributed by atoms with Crippen LogP contribution in [0.2, 0.25) is 0 Å². The summed E-state index contributed by atoms with van der Waals surface area (Å²) in [7, 11) is 3.06. The van der Waals surface area contributed by atoms with Gasteiger partial charge in [0, 0.05) is 22.9 Å². The number of aromatic nitrogens is 1. The molecule has 1 aliphatic heterocycles. The number of carbonyl (C=O) groups is 1. The summed E-state index contributed by atoms with van der Waals surface area (Å²) in [6, 6.07) is 13.1. The molecule has 2 aromatic heterocycles. The Kier molecular flexibility index (Phi) is 7.82. The smallest absolute Gasteiger partial charge is 0.338 e. The van der Waals surface area contributed by atoms with E-state index < -0.39 is 12.0 Å². The van der Waals surface area contributed by atoms with Crippen molar-refractivity contribution in [3.05, 3.63) is 102 Å². The van der Waals surface area contributed by atoms with E-state index in [1.54, 1.807) is 62.4 Å². The number of furan rings is 1. The lowest BCUT2D eigenvalue weighted by Gasteiger charge is -2.26. The zero-order valence-electron chi connectivity index (χ0n) is 23.1. The van der Waals surface area contributed by atoms with Crippen LogP contribution in [0.4, 0.5) is 5.69 Å². The Morgan fingerprint density at radius 3 is 2.66 bits per heavy atom. The van der Waals surface area contributed by atoms with E-state index in [9.17, 15) is 14.8 Å². The van der Waals surface area contributed by atoms with Gasteiger partial charge in [0.2, 0.25) is 0 Å². The Bertz CT molecular complexity index is 1850. The molecule has 1 aliphatic rings. The van der Waals surface area contributed by atoms with Gasteiger partial charge in [0.05, 0.1) is 36.6 Å². The molecule has 0 bridgehead atoms. The van der Waals surface area contributed by atoms with Gasteiger partial charge >= 0.3 is 5.97 Å². The largest absolute Gasteiger partial charge is 0.761 e. The van der Waals surface area contributed by atoms with Crippen LogP contribution in [0.15, 0.2) is 74.0 Å². The van der Waals surface area contributed by atoms with Gasteiger partial charge in [-0.25, -0.2) is 9.79 Å². The number of carbonyl (C=O) groups excluding carboxylic acids is 1. The molecule has 0 fully saturated rings. The van der Waals surface area contributed by atoms with Crippen LogP contribution in [-0.2, 0) is 9.53 Å². The summed E-state index contributed by atoms with van der Waals surface area (Å²) in [5.41, 5.74) is 4.87. The molecule has 10 nitrogen and oxygen atoms in total. The number of benzene rings is 2. The number of nitrogens with zero attached hydrogens (tertiary/aromatic N) is 2. The van der Waals surface area contributed by atoms with E-state index in [1.165, 1.54) is 30.1 Å². The molecule has 1 N–H and O–H groups in total. The molecule has 11 heteroatoms. The molecular weight excluding hydrogens is 546 g/mol. The predicted octanol–water partition coefficient (Wildman–Crippen LogP) is 4.29. The summed E-state index contributed by atoms with van der Waals surface area (Å²) in [5, 5.41) is 11.2. The highest BCUT2D eigenvalue weighted by molar-refractivity contribution is 7.07. The average molecular weight is 575 g/mol. The maximum absolute atomic E-state index is 14.0. The van der Waals surface area contributed by atoms with E-state index in [4.69, 9.17) is 18.6 Å². The Labute approximate surface area is 239 Å². The van der Waals surface area contributed by atoms with Crippen LogP contribution in [0.5, 0.6) is 11.5 Å². The number of hydrogen-bond donors (Lipinski definition) is 1. The number of anilines is 1. The maximum atomic E-state index is 14.0. The van der Waals surface area contributed by atoms with Crippen molar-refractivity contribution in [3.8, 4) is 22.8 Å². The monoisotopic (exact) mass is 574 g/mol. The number of rotatable bonds is 8. The fourth-order valence-electron chi connectivity index (χ4n) is 4.79. The van der Waals surface area contributed by atoms with Crippen LogP contribution >= 0.6 is 11.3 Å². The summed E-state index contributed by atoms with van der Waals surface area (Å²) >= 11 is 1.18. The van der Waals surface area contributed by atoms with Crippen LogP contribution in [0.25, 0.3) is 17.4 Å². The van der Waals surface area contributed by atoms with Gasteiger partial charge in [-0.2, -0.15) is 0 Å². The minimum Gasteiger partial charge on any atom is -0.761 e. The molecule has 2 aromatic carbocycles. The van der Waals surface area contributed by atoms with Gasteiger partial charge in [-0.3, -0.25) is 9.36 Å². The second-order valence-corrected chi connectivity index (χ2v) is 10.3. The summed E-state index contributed by atoms with van der Waals surface area (Å²) in [6.07, 6.45) is 1.64. The van der Waals surface area contributed by atoms with Crippen molar-refractivity contribution in [1.82, 2.24) is 4.57 Å². The zero-order valence-corrected chi connectivity index (χ0v) is 24.0. The molecule has 41 heavy (non-hydrogen) atoms. The van der Waals surface area contributed by atoms with E-state index in [0.29, 0.717) is 49.3 Å². The van der Waals surface area contributed by atoms with E-state index in [2.05, 4.69) is 4.99 Å². The third-order valence-corrected chi connectivity index (χ3v) is 7.75. The summed E-state index contributed by atoms with van der Waals surface area (Å²) < 4.78 is 24.3. The van der Waals surface area contributed by atoms with Gasteiger partial charge in [-0.05, 0) is 68.8 Å². The number of hydrogen-bond acceptors (Lipinski definition) is 10. The maximum Gasteiger partial charge on any atom is 0.338 e. The number of methoxy groups -OCH3 is 2. The molecule has 0 saturated heterocycles. The van der Waals surface area contributed by atoms with Crippen molar-refractivity contribution < 1.29 is 23.4 Å². The van der Waals surface area contributed by atoms with E-state index in [-0.39, 0.29) is 17.7 Å². The predicted molar refractivity (Wildman–Crippen MR) is 156 cm³/mol. The number of nitrogens with one attached hydrogen (secondary N) is 1. The quantitative estimate of drug-likeness (QED) is 0.244. The van der Waals surface area contributed by atoms with E-state index in [0.717, 1.165) is 11.1 Å². The standard InChI is InChI=1S/C30H28N3O7S/c1-6-39-29(35)26-17(3)31-30-33(27(26)22-14-19(37-4)9-11-23(22)38-5)28(34)25(41-30)15-20-10-12-24(40-20)21-13-18(32-36)8-7-16(21)2/h7-15,27,32H,6H2,1-5H3/q-1/b25-15-. The van der Waals surface area contributed by atoms with Crippen molar-refractivity contribution in [2.45, 2.75) is 26.8 Å². The lowest BCUT2D eigenvalue weighted by Crippen LogP contribution is -2.40. The summed E-state index contributed by atoms with van der Waals surface area (Å²) in [6.45, 7) is 5.52. The molecule has 0 saturated carbocycles. The number of esters is 1. The molecule has 5 rings (SSSR count). The molecule has 212 valence electrons. The van der Waals surface area contributed by atoms with Gasteiger partial charge < -0.3 is 29.3 Å². The lowest BCUT2D eigenvalue weighted by molar-refractivity contribution is -0.139. The van der Waals surface area contributed by atoms with Crippen molar-refractivity contribution >= 4 is 29.1 Å². The first-order valence-electron chi connectivity index (χ1n) is 12.8. The average Bonchev–Trinajstić information content (AvgIpc) is 3.56. The Morgan fingerprint density at radius 2 is 1.95 bits per heavy atom. The Hall–Kier alpha value is -4.61. The minimum atomic E-state index is -0.866. The van der Waals surface area contributed by atoms with Crippen LogP contribution in [-0.4, -0.2) is 31.4 Å². The lowest BCUT2D eigenvalue weighted by atomic mass is 9.95. The first-order chi connectivity index (χ1) is 19.8. The van der Waals surface area contributed by atoms with Crippen LogP contribution in [0.3, 0.4) is 0 Å². The molecule has 1 unspecified atom stereocenters. The van der Waals surface area contributed by atoms with Gasteiger partial charge in [0.25, 0.3) is 5.56 Å². The highest BCUT2D eigenvalue weighted by Crippen LogP contribution is 2.38. The third kappa shape index (κ3) is 5.17. The topological polar surface area (TPSA) is 127 Å². The number of thiazole rings is 1. The molecule has 1 atom stereocenters. The number of allylic oxidation sites excluding steroid dienone is 1. The third-order valence-electron chi connectivity index (χ3n) is 6.77. The highest BCUT2D eigenvalue weighted by Gasteiger charge is 2.35. The molecule has 3 heterocycles. The first-order valence-corrected chi connectivity index (χ1v) is 13.6. The SMILES string of the molecule is CCOC(=O)C1=C(C)N=c2s/c(=C\c3ccc(-c4cc(N[O-])ccc4C)o3)c(=O)n2C1c1cc(OC)ccc1OC. The van der Waals surface area contributed by atoms with Crippen LogP contribution in [0, 0.1) is 12.1 Å². The fraction of sp³-hybridized carbons (Fsp3) is 0.233. The Balaban J connectivity index is 1.68. The molecular formula is C30H28N3O7S-. The zero-order chi connectivity index (χ0) is 29.3. The molecule has 4 aromatic rings. The number of aryl methyl sites for hydroxylation is 1. The van der Waals surface area contributed by atoms with Gasteiger partial charge in [0.15, 0.2) is 4.80 Å². The second-order valence-electron chi connectivity index (χ2n) is 9.24. The van der Waals surface area contributed by atoms with Gasteiger partial charge in [-0.15, -0.1) is 0 Å². The summed E-state index contributed by atoms with van der Waals surface area (Å²) in [4.78, 5) is 32.2. The molecule has 0 spiro atoms. The Morgan fingerprint density at radius 1 is 1.15 bits per heavy atom. The van der Waals surface area contributed by atoms with Crippen molar-refractivity contribution in [2.24, 2.45) is 4.99 Å². The summed E-state index contributed by atoms with van der Waals surface area (Å²) in [5.74, 6) is 1.44. The van der Waals surface area contributed by atoms with Crippen LogP contribution < -0.4 is 29.8 Å². The second kappa shape index (κ2) is 11.5. The molecule has 0 radical (unpaired) electrons. The van der Waals surface area contributed by atoms with Gasteiger partial charge in [-0.1, -0.05) is 17.4 Å². The minimum absolute atomic E-state index is 0.163. The molecule has 0 amide bonds. The normalized spacial score (nSPS) is 14.9. The van der Waals surface area contributed by atoms with Crippen LogP contribution in [0.1, 0.15) is 36.8 Å². The van der Waals surface area contributed by atoms with Crippen molar-refractivity contribution in [2.75, 3.05) is 26.3 Å². The van der Waals surface area contributed by atoms with Crippen molar-refractivity contribution in [1.29, 1.82) is 0 Å². The first kappa shape index (κ1) is 27.9. The van der Waals surface area contributed by atoms with Crippen molar-refractivity contribution in [3.63, 3.8) is 0 Å². The van der Waals surface area contributed by atoms with E-state index >= 15 is 0 Å². The number of ether oxygens (including phenoxy) is 3. The van der Waals surface area contributed by atoms with E-state index in [1.807, 2.05) is 18.5 Å². The van der Waals surface area contributed by atoms with Gasteiger partial charge in [0.1, 0.15) is 29.1 Å². The molecule has 0 aliphatic carbocycles. The number of fused-ring (bicyclic) bond motifs is 1. The highest BCUT2D eigenvalue weighted by atomic mass is 32.1.